The molecule has 0 spiro atoms. The van der Waals surface area contributed by atoms with Crippen LogP contribution >= 0.6 is 0 Å². The molecule has 0 radical (unpaired) electrons. The summed E-state index contributed by atoms with van der Waals surface area (Å²) in [6.07, 6.45) is 6.54. The first-order chi connectivity index (χ1) is 13.9. The third kappa shape index (κ3) is 3.57. The number of benzene rings is 2. The van der Waals surface area contributed by atoms with Gasteiger partial charge in [0.25, 0.3) is 0 Å². The zero-order chi connectivity index (χ0) is 20.6. The van der Waals surface area contributed by atoms with E-state index in [1.54, 1.807) is 7.11 Å². The van der Waals surface area contributed by atoms with Gasteiger partial charge < -0.3 is 9.15 Å². The average molecular weight is 393 g/mol. The second-order valence-electron chi connectivity index (χ2n) is 8.82. The average Bonchev–Trinajstić information content (AvgIpc) is 2.73. The Morgan fingerprint density at radius 2 is 1.83 bits per heavy atom. The second-order valence-corrected chi connectivity index (χ2v) is 8.82. The Labute approximate surface area is 172 Å². The molecule has 29 heavy (non-hydrogen) atoms. The number of hydrogen-bond donors (Lipinski definition) is 0. The van der Waals surface area contributed by atoms with Crippen molar-refractivity contribution in [3.63, 3.8) is 0 Å². The molecule has 1 aromatic heterocycles. The van der Waals surface area contributed by atoms with Crippen molar-refractivity contribution in [3.05, 3.63) is 70.3 Å². The van der Waals surface area contributed by atoms with E-state index in [0.717, 1.165) is 41.5 Å². The first-order valence-corrected chi connectivity index (χ1v) is 10.5. The number of rotatable bonds is 4. The smallest absolute Gasteiger partial charge is 0.497 e. The molecule has 0 amide bonds. The summed E-state index contributed by atoms with van der Waals surface area (Å²) < 4.78 is 13.4. The molecule has 1 aliphatic rings. The molecule has 0 saturated heterocycles. The van der Waals surface area contributed by atoms with Gasteiger partial charge in [-0.3, -0.25) is 0 Å². The van der Waals surface area contributed by atoms with Gasteiger partial charge in [0.15, 0.2) is 17.8 Å². The maximum atomic E-state index is 13.0. The summed E-state index contributed by atoms with van der Waals surface area (Å²) >= 11 is 0. The molecule has 4 nitrogen and oxygen atoms in total. The molecule has 4 heteroatoms. The van der Waals surface area contributed by atoms with E-state index in [0.29, 0.717) is 11.5 Å². The predicted molar refractivity (Wildman–Crippen MR) is 114 cm³/mol. The van der Waals surface area contributed by atoms with Crippen molar-refractivity contribution >= 4 is 11.0 Å². The lowest BCUT2D eigenvalue weighted by atomic mass is 9.77. The van der Waals surface area contributed by atoms with Gasteiger partial charge in [0.05, 0.1) is 12.5 Å². The highest BCUT2D eigenvalue weighted by atomic mass is 16.5. The van der Waals surface area contributed by atoms with E-state index in [4.69, 9.17) is 9.15 Å². The lowest BCUT2D eigenvalue weighted by molar-refractivity contribution is -0.753. The van der Waals surface area contributed by atoms with Crippen LogP contribution in [0.4, 0.5) is 0 Å². The first kappa shape index (κ1) is 19.7. The minimum Gasteiger partial charge on any atom is -0.497 e. The summed E-state index contributed by atoms with van der Waals surface area (Å²) in [5.41, 5.74) is 2.42. The summed E-state index contributed by atoms with van der Waals surface area (Å²) in [7, 11) is 1.68. The molecular weight excluding hydrogens is 362 g/mol. The Morgan fingerprint density at radius 1 is 1.10 bits per heavy atom. The van der Waals surface area contributed by atoms with Gasteiger partial charge in [-0.2, -0.15) is 4.79 Å². The molecule has 0 aliphatic heterocycles. The normalized spacial score (nSPS) is 20.0. The van der Waals surface area contributed by atoms with Crippen LogP contribution in [0.5, 0.6) is 5.75 Å². The van der Waals surface area contributed by atoms with Gasteiger partial charge >= 0.3 is 5.76 Å². The predicted octanol–water partition coefficient (Wildman–Crippen LogP) is 5.17. The highest BCUT2D eigenvalue weighted by Gasteiger charge is 2.34. The van der Waals surface area contributed by atoms with Crippen molar-refractivity contribution in [1.82, 2.24) is 0 Å². The van der Waals surface area contributed by atoms with Crippen LogP contribution in [-0.4, -0.2) is 7.11 Å². The largest absolute Gasteiger partial charge is 0.602 e. The summed E-state index contributed by atoms with van der Waals surface area (Å²) in [6, 6.07) is 14.5. The number of hydrogen-bond acceptors (Lipinski definition) is 3. The standard InChI is InChI=1S/C25H30NO3/c1-17-10-8-9-13-22(17)26-16-18-14-20(28-4)15-21(23(18)29-24(26)27)25(2,3)19-11-6-5-7-12-19/h5-7,11-12,14-17,22H,8-10,13H2,1-4H3/q+1. The van der Waals surface area contributed by atoms with Crippen LogP contribution < -0.4 is 15.1 Å². The zero-order valence-electron chi connectivity index (χ0n) is 17.8. The SMILES string of the molecule is COc1cc(C(C)(C)c2ccccc2)c2oc(=O)[n+](C3CCCCC3C)cc2c1. The first-order valence-electron chi connectivity index (χ1n) is 10.5. The summed E-state index contributed by atoms with van der Waals surface area (Å²) in [5.74, 6) is 0.972. The van der Waals surface area contributed by atoms with Crippen molar-refractivity contribution in [1.29, 1.82) is 0 Å². The molecule has 2 aromatic carbocycles. The van der Waals surface area contributed by atoms with Crippen LogP contribution in [0.2, 0.25) is 0 Å². The molecule has 1 heterocycles. The highest BCUT2D eigenvalue weighted by molar-refractivity contribution is 5.82. The molecule has 1 aliphatic carbocycles. The number of fused-ring (bicyclic) bond motifs is 1. The van der Waals surface area contributed by atoms with E-state index in [1.807, 2.05) is 41.1 Å². The molecule has 4 rings (SSSR count). The number of aromatic nitrogens is 1. The fourth-order valence-corrected chi connectivity index (χ4v) is 4.71. The third-order valence-corrected chi connectivity index (χ3v) is 6.60. The van der Waals surface area contributed by atoms with Gasteiger partial charge in [-0.1, -0.05) is 57.5 Å². The van der Waals surface area contributed by atoms with Crippen LogP contribution in [0.15, 0.2) is 57.9 Å². The van der Waals surface area contributed by atoms with Gasteiger partial charge in [-0.05, 0) is 30.5 Å². The maximum absolute atomic E-state index is 13.0. The lowest BCUT2D eigenvalue weighted by Gasteiger charge is -2.27. The number of methoxy groups -OCH3 is 1. The third-order valence-electron chi connectivity index (χ3n) is 6.60. The topological polar surface area (TPSA) is 43.3 Å². The zero-order valence-corrected chi connectivity index (χ0v) is 17.8. The minimum absolute atomic E-state index is 0.196. The van der Waals surface area contributed by atoms with Crippen LogP contribution in [0.25, 0.3) is 11.0 Å². The Morgan fingerprint density at radius 3 is 2.52 bits per heavy atom. The fraction of sp³-hybridized carbons (Fsp3) is 0.440. The van der Waals surface area contributed by atoms with E-state index >= 15 is 0 Å². The van der Waals surface area contributed by atoms with Gasteiger partial charge in [0, 0.05) is 23.3 Å². The van der Waals surface area contributed by atoms with E-state index in [2.05, 4.69) is 32.9 Å². The second kappa shape index (κ2) is 7.66. The van der Waals surface area contributed by atoms with Gasteiger partial charge in [0.1, 0.15) is 5.75 Å². The fourth-order valence-electron chi connectivity index (χ4n) is 4.71. The molecule has 2 atom stereocenters. The highest BCUT2D eigenvalue weighted by Crippen LogP contribution is 2.38. The summed E-state index contributed by atoms with van der Waals surface area (Å²) in [6.45, 7) is 6.54. The maximum Gasteiger partial charge on any atom is 0.602 e. The van der Waals surface area contributed by atoms with E-state index in [1.165, 1.54) is 6.42 Å². The Balaban J connectivity index is 1.92. The molecule has 1 fully saturated rings. The van der Waals surface area contributed by atoms with Crippen LogP contribution in [0.1, 0.15) is 63.6 Å². The number of nitrogens with zero attached hydrogens (tertiary/aromatic N) is 1. The van der Waals surface area contributed by atoms with E-state index < -0.39 is 0 Å². The molecule has 1 saturated carbocycles. The quantitative estimate of drug-likeness (QED) is 0.576. The molecule has 152 valence electrons. The van der Waals surface area contributed by atoms with Crippen molar-refractivity contribution in [2.45, 2.75) is 57.9 Å². The summed E-state index contributed by atoms with van der Waals surface area (Å²) in [5, 5.41) is 0.903. The summed E-state index contributed by atoms with van der Waals surface area (Å²) in [4.78, 5) is 13.0. The van der Waals surface area contributed by atoms with Crippen molar-refractivity contribution in [3.8, 4) is 5.75 Å². The van der Waals surface area contributed by atoms with Crippen LogP contribution in [0.3, 0.4) is 0 Å². The van der Waals surface area contributed by atoms with Crippen molar-refractivity contribution < 1.29 is 13.7 Å². The Kier molecular flexibility index (Phi) is 5.20. The molecule has 2 unspecified atom stereocenters. The van der Waals surface area contributed by atoms with Gasteiger partial charge in [-0.25, -0.2) is 0 Å². The molecular formula is C25H30NO3+. The van der Waals surface area contributed by atoms with Crippen LogP contribution in [0, 0.1) is 5.92 Å². The Bertz CT molecular complexity index is 1070. The molecule has 0 bridgehead atoms. The molecule has 3 aromatic rings. The van der Waals surface area contributed by atoms with E-state index in [9.17, 15) is 4.79 Å². The number of ether oxygens (including phenoxy) is 1. The van der Waals surface area contributed by atoms with Gasteiger partial charge in [0.2, 0.25) is 0 Å². The Hall–Kier alpha value is -2.62. The van der Waals surface area contributed by atoms with Crippen LogP contribution in [-0.2, 0) is 5.41 Å². The monoisotopic (exact) mass is 392 g/mol. The van der Waals surface area contributed by atoms with Crippen molar-refractivity contribution in [2.24, 2.45) is 5.92 Å². The lowest BCUT2D eigenvalue weighted by Crippen LogP contribution is -2.55. The molecule has 0 N–H and O–H groups in total. The van der Waals surface area contributed by atoms with Crippen molar-refractivity contribution in [2.75, 3.05) is 7.11 Å². The van der Waals surface area contributed by atoms with E-state index in [-0.39, 0.29) is 17.2 Å². The van der Waals surface area contributed by atoms with Gasteiger partial charge in [-0.15, -0.1) is 4.57 Å². The minimum atomic E-state index is -0.339.